The van der Waals surface area contributed by atoms with Gasteiger partial charge in [-0.05, 0) is 6.42 Å². The predicted molar refractivity (Wildman–Crippen MR) is 70.4 cm³/mol. The van der Waals surface area contributed by atoms with Gasteiger partial charge >= 0.3 is 0 Å². The summed E-state index contributed by atoms with van der Waals surface area (Å²) in [4.78, 5) is 10.7. The lowest BCUT2D eigenvalue weighted by molar-refractivity contribution is 0.634. The van der Waals surface area contributed by atoms with Gasteiger partial charge < -0.3 is 4.90 Å². The molecule has 0 aromatic carbocycles. The van der Waals surface area contributed by atoms with Crippen LogP contribution in [0.5, 0.6) is 0 Å². The molecule has 0 atom stereocenters. The van der Waals surface area contributed by atoms with E-state index < -0.39 is 0 Å². The van der Waals surface area contributed by atoms with Gasteiger partial charge in [0.1, 0.15) is 11.0 Å². The molecule has 1 aliphatic rings. The van der Waals surface area contributed by atoms with E-state index in [0.29, 0.717) is 9.90 Å². The number of thioether (sulfide) groups is 1. The molecule has 2 heterocycles. The number of rotatable bonds is 1. The van der Waals surface area contributed by atoms with E-state index in [1.807, 2.05) is 11.8 Å². The fraction of sp³-hybridized carbons (Fsp3) is 0.636. The van der Waals surface area contributed by atoms with Crippen molar-refractivity contribution in [1.29, 1.82) is 0 Å². The molecule has 0 saturated carbocycles. The zero-order chi connectivity index (χ0) is 11.6. The highest BCUT2D eigenvalue weighted by atomic mass is 35.5. The molecule has 0 spiro atoms. The normalized spacial score (nSPS) is 20.6. The summed E-state index contributed by atoms with van der Waals surface area (Å²) < 4.78 is 0.362. The zero-order valence-electron chi connectivity index (χ0n) is 9.61. The molecule has 88 valence electrons. The molecule has 2 rings (SSSR count). The van der Waals surface area contributed by atoms with Crippen LogP contribution in [-0.4, -0.2) is 33.6 Å². The Labute approximate surface area is 106 Å². The average Bonchev–Trinajstić information content (AvgIpc) is 2.39. The maximum Gasteiger partial charge on any atom is 0.149 e. The van der Waals surface area contributed by atoms with Gasteiger partial charge in [0, 0.05) is 23.6 Å². The summed E-state index contributed by atoms with van der Waals surface area (Å²) in [5, 5.41) is 0.466. The van der Waals surface area contributed by atoms with Gasteiger partial charge in [0.2, 0.25) is 0 Å². The SMILES string of the molecule is CC1(C)CCN(c2cncc(Cl)n2)CCS1. The van der Waals surface area contributed by atoms with Crippen LogP contribution in [0.15, 0.2) is 12.4 Å². The smallest absolute Gasteiger partial charge is 0.149 e. The Bertz CT molecular complexity index is 370. The Kier molecular flexibility index (Phi) is 3.60. The Morgan fingerprint density at radius 1 is 1.38 bits per heavy atom. The van der Waals surface area contributed by atoms with E-state index in [4.69, 9.17) is 11.6 Å². The van der Waals surface area contributed by atoms with Crippen molar-refractivity contribution in [3.8, 4) is 0 Å². The van der Waals surface area contributed by atoms with Crippen LogP contribution >= 0.6 is 23.4 Å². The molecule has 1 aromatic heterocycles. The second kappa shape index (κ2) is 4.80. The van der Waals surface area contributed by atoms with Crippen molar-refractivity contribution < 1.29 is 0 Å². The zero-order valence-corrected chi connectivity index (χ0v) is 11.2. The van der Waals surface area contributed by atoms with Crippen LogP contribution in [0.4, 0.5) is 5.82 Å². The van der Waals surface area contributed by atoms with E-state index in [-0.39, 0.29) is 0 Å². The van der Waals surface area contributed by atoms with Crippen LogP contribution in [0.3, 0.4) is 0 Å². The summed E-state index contributed by atoms with van der Waals surface area (Å²) in [7, 11) is 0. The van der Waals surface area contributed by atoms with Crippen molar-refractivity contribution in [2.24, 2.45) is 0 Å². The summed E-state index contributed by atoms with van der Waals surface area (Å²) >= 11 is 7.88. The third kappa shape index (κ3) is 3.01. The summed E-state index contributed by atoms with van der Waals surface area (Å²) in [6.07, 6.45) is 4.52. The van der Waals surface area contributed by atoms with Gasteiger partial charge in [-0.15, -0.1) is 0 Å². The van der Waals surface area contributed by atoms with Crippen LogP contribution in [-0.2, 0) is 0 Å². The second-order valence-electron chi connectivity index (χ2n) is 4.55. The van der Waals surface area contributed by atoms with Crippen molar-refractivity contribution in [1.82, 2.24) is 9.97 Å². The molecule has 1 aromatic rings. The minimum Gasteiger partial charge on any atom is -0.354 e. The molecular formula is C11H16ClN3S. The summed E-state index contributed by atoms with van der Waals surface area (Å²) in [5.74, 6) is 2.02. The Morgan fingerprint density at radius 3 is 2.94 bits per heavy atom. The summed E-state index contributed by atoms with van der Waals surface area (Å²) in [6.45, 7) is 6.63. The van der Waals surface area contributed by atoms with Crippen LogP contribution in [0.2, 0.25) is 5.15 Å². The third-order valence-corrected chi connectivity index (χ3v) is 4.31. The number of hydrogen-bond acceptors (Lipinski definition) is 4. The van der Waals surface area contributed by atoms with Gasteiger partial charge in [0.05, 0.1) is 12.4 Å². The van der Waals surface area contributed by atoms with Crippen molar-refractivity contribution in [2.45, 2.75) is 25.0 Å². The molecule has 1 saturated heterocycles. The first kappa shape index (κ1) is 12.0. The summed E-state index contributed by atoms with van der Waals surface area (Å²) in [5.41, 5.74) is 0. The molecule has 1 aliphatic heterocycles. The van der Waals surface area contributed by atoms with E-state index in [2.05, 4.69) is 28.7 Å². The summed E-state index contributed by atoms with van der Waals surface area (Å²) in [6, 6.07) is 0. The highest BCUT2D eigenvalue weighted by Crippen LogP contribution is 2.31. The van der Waals surface area contributed by atoms with Gasteiger partial charge in [-0.1, -0.05) is 25.4 Å². The molecule has 0 N–H and O–H groups in total. The first-order chi connectivity index (χ1) is 7.57. The van der Waals surface area contributed by atoms with E-state index in [1.54, 1.807) is 12.4 Å². The minimum absolute atomic E-state index is 0.362. The number of hydrogen-bond donors (Lipinski definition) is 0. The maximum atomic E-state index is 5.86. The number of nitrogens with zero attached hydrogens (tertiary/aromatic N) is 3. The van der Waals surface area contributed by atoms with Crippen LogP contribution in [0.25, 0.3) is 0 Å². The number of halogens is 1. The predicted octanol–water partition coefficient (Wildman–Crippen LogP) is 2.85. The lowest BCUT2D eigenvalue weighted by atomic mass is 10.1. The highest BCUT2D eigenvalue weighted by Gasteiger charge is 2.24. The molecule has 0 amide bonds. The molecular weight excluding hydrogens is 242 g/mol. The monoisotopic (exact) mass is 257 g/mol. The van der Waals surface area contributed by atoms with Gasteiger partial charge in [-0.3, -0.25) is 4.98 Å². The lowest BCUT2D eigenvalue weighted by Gasteiger charge is -2.23. The quantitative estimate of drug-likeness (QED) is 0.774. The molecule has 5 heteroatoms. The van der Waals surface area contributed by atoms with Crippen molar-refractivity contribution >= 4 is 29.2 Å². The van der Waals surface area contributed by atoms with Crippen LogP contribution in [0.1, 0.15) is 20.3 Å². The minimum atomic E-state index is 0.362. The molecule has 16 heavy (non-hydrogen) atoms. The molecule has 0 bridgehead atoms. The van der Waals surface area contributed by atoms with Gasteiger partial charge in [-0.25, -0.2) is 4.98 Å². The number of aromatic nitrogens is 2. The largest absolute Gasteiger partial charge is 0.354 e. The fourth-order valence-electron chi connectivity index (χ4n) is 1.73. The van der Waals surface area contributed by atoms with Crippen molar-refractivity contribution in [3.05, 3.63) is 17.5 Å². The van der Waals surface area contributed by atoms with E-state index >= 15 is 0 Å². The Morgan fingerprint density at radius 2 is 2.19 bits per heavy atom. The first-order valence-corrected chi connectivity index (χ1v) is 6.80. The van der Waals surface area contributed by atoms with Crippen molar-refractivity contribution in [2.75, 3.05) is 23.7 Å². The molecule has 0 aliphatic carbocycles. The van der Waals surface area contributed by atoms with Gasteiger partial charge in [-0.2, -0.15) is 11.8 Å². The van der Waals surface area contributed by atoms with Gasteiger partial charge in [0.25, 0.3) is 0 Å². The Balaban J connectivity index is 2.11. The molecule has 3 nitrogen and oxygen atoms in total. The standard InChI is InChI=1S/C11H16ClN3S/c1-11(2)3-4-15(5-6-16-11)10-8-13-7-9(12)14-10/h7-8H,3-6H2,1-2H3. The molecule has 0 unspecified atom stereocenters. The lowest BCUT2D eigenvalue weighted by Crippen LogP contribution is -2.27. The number of anilines is 1. The Hall–Kier alpha value is -0.480. The maximum absolute atomic E-state index is 5.86. The molecule has 0 radical (unpaired) electrons. The van der Waals surface area contributed by atoms with E-state index in [9.17, 15) is 0 Å². The highest BCUT2D eigenvalue weighted by molar-refractivity contribution is 8.00. The third-order valence-electron chi connectivity index (χ3n) is 2.75. The van der Waals surface area contributed by atoms with Crippen molar-refractivity contribution in [3.63, 3.8) is 0 Å². The molecule has 1 fully saturated rings. The van der Waals surface area contributed by atoms with E-state index in [0.717, 1.165) is 31.1 Å². The second-order valence-corrected chi connectivity index (χ2v) is 6.73. The van der Waals surface area contributed by atoms with Gasteiger partial charge in [0.15, 0.2) is 0 Å². The first-order valence-electron chi connectivity index (χ1n) is 5.43. The fourth-order valence-corrected chi connectivity index (χ4v) is 2.98. The van der Waals surface area contributed by atoms with Crippen LogP contribution < -0.4 is 4.90 Å². The average molecular weight is 258 g/mol. The van der Waals surface area contributed by atoms with Crippen LogP contribution in [0, 0.1) is 0 Å². The topological polar surface area (TPSA) is 29.0 Å². The van der Waals surface area contributed by atoms with E-state index in [1.165, 1.54) is 0 Å².